The number of nitrogens with two attached hydrogens (primary N) is 2. The van der Waals surface area contributed by atoms with Gasteiger partial charge in [-0.3, -0.25) is 28.8 Å². The number of halogens is 1. The highest BCUT2D eigenvalue weighted by atomic mass is 32.3. The summed E-state index contributed by atoms with van der Waals surface area (Å²) in [5, 5.41) is 7.45. The van der Waals surface area contributed by atoms with E-state index < -0.39 is 43.8 Å². The molecule has 0 aromatic heterocycles. The fourth-order valence-corrected chi connectivity index (χ4v) is 12.9. The Morgan fingerprint density at radius 1 is 0.722 bits per heavy atom. The second-order valence-electron chi connectivity index (χ2n) is 21.2. The lowest BCUT2D eigenvalue weighted by atomic mass is 9.36. The predicted octanol–water partition coefficient (Wildman–Crippen LogP) is 7.43. The zero-order chi connectivity index (χ0) is 56.2. The zero-order valence-corrected chi connectivity index (χ0v) is 46.4. The number of carbonyl (C=O) groups excluding carboxylic acids is 5. The number of likely N-dealkylation sites (tertiary alicyclic amines) is 1. The fourth-order valence-electron chi connectivity index (χ4n) is 12.4. The summed E-state index contributed by atoms with van der Waals surface area (Å²) in [6, 6.07) is 26.9. The molecule has 1 aliphatic heterocycles. The third-order valence-electron chi connectivity index (χ3n) is 16.2. The van der Waals surface area contributed by atoms with E-state index in [0.717, 1.165) is 115 Å². The van der Waals surface area contributed by atoms with Crippen molar-refractivity contribution < 1.29 is 50.6 Å². The molecule has 0 radical (unpaired) electrons. The van der Waals surface area contributed by atoms with Crippen LogP contribution in [0.5, 0.6) is 0 Å². The van der Waals surface area contributed by atoms with E-state index in [9.17, 15) is 36.3 Å². The van der Waals surface area contributed by atoms with Gasteiger partial charge < -0.3 is 41.4 Å². The third kappa shape index (κ3) is 12.7. The van der Waals surface area contributed by atoms with Crippen LogP contribution in [0.4, 0.5) is 15.3 Å². The Morgan fingerprint density at radius 2 is 1.30 bits per heavy atom. The number of nitrogens with one attached hydrogen (secondary N) is 2. The largest absolute Gasteiger partial charge is 0.377 e. The van der Waals surface area contributed by atoms with E-state index >= 15 is 0 Å². The van der Waals surface area contributed by atoms with Crippen LogP contribution >= 0.6 is 0 Å². The summed E-state index contributed by atoms with van der Waals surface area (Å²) < 4.78 is 47.3. The number of ether oxygens (including phenoxy) is 2. The Balaban J connectivity index is 0.851. The van der Waals surface area contributed by atoms with Crippen molar-refractivity contribution in [2.45, 2.75) is 130 Å². The van der Waals surface area contributed by atoms with E-state index in [2.05, 4.69) is 53.1 Å². The average Bonchev–Trinajstić information content (AvgIpc) is 1.59. The van der Waals surface area contributed by atoms with Gasteiger partial charge in [0.2, 0.25) is 17.7 Å². The first-order chi connectivity index (χ1) is 38.2. The number of likely N-dealkylation sites (N-methyl/N-ethyl adjacent to an activating group) is 2. The van der Waals surface area contributed by atoms with Crippen molar-refractivity contribution in [3.05, 3.63) is 124 Å². The molecule has 1 spiro atoms. The van der Waals surface area contributed by atoms with Gasteiger partial charge in [-0.1, -0.05) is 62.8 Å². The molecular weight excluding hydrogens is 1030 g/mol. The fraction of sp³-hybridized carbons (Fsp3) is 0.517. The lowest BCUT2D eigenvalue weighted by Crippen LogP contribution is -2.63. The summed E-state index contributed by atoms with van der Waals surface area (Å²) in [6.07, 6.45) is 12.3. The molecule has 1 fully saturated rings. The highest BCUT2D eigenvalue weighted by Crippen LogP contribution is 2.80. The molecule has 19 heteroatoms. The highest BCUT2D eigenvalue weighted by Gasteiger charge is 2.77. The maximum Gasteiger partial charge on any atom is 0.332 e. The topological polar surface area (TPSA) is 233 Å². The van der Waals surface area contributed by atoms with Crippen LogP contribution in [-0.2, 0) is 54.5 Å². The maximum absolute atomic E-state index is 14.2. The maximum atomic E-state index is 14.2. The van der Waals surface area contributed by atoms with Gasteiger partial charge in [0.25, 0.3) is 11.8 Å². The quantitative estimate of drug-likeness (QED) is 0.0212. The zero-order valence-electron chi connectivity index (χ0n) is 45.6. The Morgan fingerprint density at radius 3 is 1.94 bits per heavy atom. The van der Waals surface area contributed by atoms with Crippen LogP contribution in [0.15, 0.2) is 77.7 Å². The van der Waals surface area contributed by atoms with E-state index in [4.69, 9.17) is 25.8 Å². The number of hydrogen-bond donors (Lipinski definition) is 4. The number of amides is 5. The van der Waals surface area contributed by atoms with Gasteiger partial charge in [0, 0.05) is 85.7 Å². The second-order valence-corrected chi connectivity index (χ2v) is 22.5. The first-order valence-electron chi connectivity index (χ1n) is 28.0. The van der Waals surface area contributed by atoms with E-state index in [1.807, 2.05) is 18.2 Å². The molecule has 0 bridgehead atoms. The van der Waals surface area contributed by atoms with E-state index in [-0.39, 0.29) is 68.7 Å². The van der Waals surface area contributed by atoms with Crippen LogP contribution in [0.3, 0.4) is 0 Å². The molecule has 4 unspecified atom stereocenters. The molecule has 4 aliphatic rings. The first kappa shape index (κ1) is 58.9. The summed E-state index contributed by atoms with van der Waals surface area (Å²) >= 11 is 0. The molecule has 424 valence electrons. The van der Waals surface area contributed by atoms with Crippen molar-refractivity contribution in [2.75, 3.05) is 83.9 Å². The predicted molar refractivity (Wildman–Crippen MR) is 297 cm³/mol. The minimum atomic E-state index is -4.91. The van der Waals surface area contributed by atoms with Crippen molar-refractivity contribution in [3.8, 4) is 0 Å². The molecule has 4 aromatic carbocycles. The number of benzene rings is 3. The Bertz CT molecular complexity index is 2930. The standard InChI is InChI=1S/C60H76FN7O10S/c1-66(34-35-76-36-37-77-38-39-78-67(2)58(73)52-18-15-33-68(52)57(72)42-21-25-45(26-22-42)79(61,74)75)55(71)29-30-59-48-16-11-12-17-49(48)60(59)51-41-44(65-54(70)20-10-6-4-8-14-32-63)24-28-47(51)56(60)46-27-23-43(40-50(46)59)64-53(69)19-9-5-3-7-13-31-62/h12,17,21-28,40-41,52,56H,3-10,13-15,18-20,29-39,62-63H2,1-2H3,(H,64,69)(H,65,70). The van der Waals surface area contributed by atoms with Gasteiger partial charge in [0.1, 0.15) is 6.04 Å². The number of anilines is 2. The van der Waals surface area contributed by atoms with Crippen LogP contribution in [0, 0.1) is 12.1 Å². The molecule has 5 amide bonds. The molecule has 4 atom stereocenters. The number of rotatable bonds is 32. The van der Waals surface area contributed by atoms with Gasteiger partial charge in [0.05, 0.1) is 37.9 Å². The summed E-state index contributed by atoms with van der Waals surface area (Å²) in [5.41, 5.74) is 18.4. The summed E-state index contributed by atoms with van der Waals surface area (Å²) in [5.74, 6) is -1.01. The molecule has 8 rings (SSSR count). The van der Waals surface area contributed by atoms with Crippen molar-refractivity contribution in [1.82, 2.24) is 14.9 Å². The SMILES string of the molecule is CN(CCOCCOCCON(C)C(=O)C1CCCN1C(=O)c1ccc(S(=O)(=O)F)cc1)C(=O)CCC12c3c#cccc3C13c1cc(NC(=O)CCCCCCCN)ccc1C3c1ccc(NC(=O)CCCCCCCN)cc12. The lowest BCUT2D eigenvalue weighted by Gasteiger charge is -2.64. The number of fused-ring (bicyclic) bond motifs is 7. The summed E-state index contributed by atoms with van der Waals surface area (Å²) in [6.45, 7) is 3.00. The van der Waals surface area contributed by atoms with Crippen molar-refractivity contribution >= 4 is 51.1 Å². The van der Waals surface area contributed by atoms with Gasteiger partial charge in [-0.05, 0) is 147 Å². The lowest BCUT2D eigenvalue weighted by molar-refractivity contribution is -0.186. The number of hydrogen-bond acceptors (Lipinski definition) is 12. The molecule has 0 saturated carbocycles. The Hall–Kier alpha value is -6.27. The van der Waals surface area contributed by atoms with Crippen molar-refractivity contribution in [3.63, 3.8) is 0 Å². The van der Waals surface area contributed by atoms with Gasteiger partial charge >= 0.3 is 10.2 Å². The van der Waals surface area contributed by atoms with E-state index in [1.165, 1.54) is 29.6 Å². The van der Waals surface area contributed by atoms with Crippen LogP contribution < -0.4 is 22.1 Å². The number of hydroxylamine groups is 2. The van der Waals surface area contributed by atoms with E-state index in [0.29, 0.717) is 64.0 Å². The van der Waals surface area contributed by atoms with Crippen LogP contribution in [0.2, 0.25) is 0 Å². The van der Waals surface area contributed by atoms with E-state index in [1.54, 1.807) is 11.9 Å². The highest BCUT2D eigenvalue weighted by molar-refractivity contribution is 7.86. The average molecular weight is 1110 g/mol. The summed E-state index contributed by atoms with van der Waals surface area (Å²) in [7, 11) is -1.69. The number of unbranched alkanes of at least 4 members (excludes halogenated alkanes) is 8. The molecule has 79 heavy (non-hydrogen) atoms. The van der Waals surface area contributed by atoms with Gasteiger partial charge in [-0.25, -0.2) is 5.06 Å². The van der Waals surface area contributed by atoms with Crippen LogP contribution in [-0.4, -0.2) is 132 Å². The minimum absolute atomic E-state index is 0.00896. The Labute approximate surface area is 464 Å². The Kier molecular flexibility index (Phi) is 20.0. The number of carbonyl (C=O) groups is 5. The smallest absolute Gasteiger partial charge is 0.332 e. The van der Waals surface area contributed by atoms with Gasteiger partial charge in [-0.2, -0.15) is 8.42 Å². The third-order valence-corrected chi connectivity index (χ3v) is 17.1. The van der Waals surface area contributed by atoms with Crippen LogP contribution in [0.1, 0.15) is 152 Å². The molecule has 1 saturated heterocycles. The van der Waals surface area contributed by atoms with Crippen molar-refractivity contribution in [2.24, 2.45) is 11.5 Å². The molecule has 1 heterocycles. The van der Waals surface area contributed by atoms with Gasteiger partial charge in [0.15, 0.2) is 0 Å². The summed E-state index contributed by atoms with van der Waals surface area (Å²) in [4.78, 5) is 75.4. The first-order valence-corrected chi connectivity index (χ1v) is 29.4. The monoisotopic (exact) mass is 1110 g/mol. The second kappa shape index (κ2) is 26.8. The molecular formula is C60H76FN7O10S. The molecule has 6 N–H and O–H groups in total. The molecule has 4 aromatic rings. The molecule has 3 aliphatic carbocycles. The number of nitrogens with zero attached hydrogens (tertiary/aromatic N) is 3. The minimum Gasteiger partial charge on any atom is -0.377 e. The van der Waals surface area contributed by atoms with Crippen LogP contribution in [0.25, 0.3) is 0 Å². The van der Waals surface area contributed by atoms with Gasteiger partial charge in [-0.15, -0.1) is 3.89 Å². The van der Waals surface area contributed by atoms with Crippen molar-refractivity contribution in [1.29, 1.82) is 0 Å². The normalized spacial score (nSPS) is 19.1. The molecule has 17 nitrogen and oxygen atoms in total.